The largest absolute Gasteiger partial charge is 0.247 e. The van der Waals surface area contributed by atoms with Crippen LogP contribution in [0.1, 0.15) is 24.5 Å². The molecule has 128 valence electrons. The molecule has 1 aliphatic carbocycles. The molecule has 26 heavy (non-hydrogen) atoms. The van der Waals surface area contributed by atoms with E-state index < -0.39 is 0 Å². The SMILES string of the molecule is CC1CCc2c(c(-c3ccc(Br)cc3)nc3ccc4ccccc4c23)C1. The quantitative estimate of drug-likeness (QED) is 0.314. The summed E-state index contributed by atoms with van der Waals surface area (Å²) in [4.78, 5) is 5.16. The second-order valence-electron chi connectivity index (χ2n) is 7.45. The van der Waals surface area contributed by atoms with Crippen LogP contribution in [0.25, 0.3) is 32.9 Å². The fourth-order valence-electron chi connectivity index (χ4n) is 4.34. The number of nitrogens with zero attached hydrogens (tertiary/aromatic N) is 1. The van der Waals surface area contributed by atoms with Crippen LogP contribution in [0.15, 0.2) is 65.1 Å². The Balaban J connectivity index is 1.88. The van der Waals surface area contributed by atoms with Crippen LogP contribution in [0.2, 0.25) is 0 Å². The molecule has 0 fully saturated rings. The fraction of sp³-hybridized carbons (Fsp3) is 0.208. The Hall–Kier alpha value is -2.19. The standard InChI is InChI=1S/C24H20BrN/c1-15-6-12-20-21(14-15)24(17-7-10-18(25)11-8-17)26-22-13-9-16-4-2-3-5-19(16)23(20)22/h2-5,7-11,13,15H,6,12,14H2,1H3. The lowest BCUT2D eigenvalue weighted by atomic mass is 9.80. The zero-order chi connectivity index (χ0) is 17.7. The third kappa shape index (κ3) is 2.55. The Bertz CT molecular complexity index is 1130. The van der Waals surface area contributed by atoms with Crippen molar-refractivity contribution in [3.05, 3.63) is 76.3 Å². The van der Waals surface area contributed by atoms with Crippen molar-refractivity contribution >= 4 is 37.6 Å². The number of aromatic nitrogens is 1. The van der Waals surface area contributed by atoms with Gasteiger partial charge in [-0.1, -0.05) is 65.3 Å². The molecule has 0 radical (unpaired) electrons. The molecule has 1 unspecified atom stereocenters. The highest BCUT2D eigenvalue weighted by atomic mass is 79.9. The molecule has 1 aromatic heterocycles. The third-order valence-electron chi connectivity index (χ3n) is 5.65. The topological polar surface area (TPSA) is 12.9 Å². The summed E-state index contributed by atoms with van der Waals surface area (Å²) in [5, 5.41) is 4.01. The van der Waals surface area contributed by atoms with E-state index in [0.29, 0.717) is 5.92 Å². The predicted octanol–water partition coefficient (Wildman–Crippen LogP) is 6.94. The summed E-state index contributed by atoms with van der Waals surface area (Å²) in [6.07, 6.45) is 3.52. The van der Waals surface area contributed by atoms with E-state index in [1.807, 2.05) is 0 Å². The molecule has 0 bridgehead atoms. The van der Waals surface area contributed by atoms with Crippen LogP contribution >= 0.6 is 15.9 Å². The third-order valence-corrected chi connectivity index (χ3v) is 6.18. The van der Waals surface area contributed by atoms with Gasteiger partial charge in [0.2, 0.25) is 0 Å². The molecular formula is C24H20BrN. The van der Waals surface area contributed by atoms with E-state index in [-0.39, 0.29) is 0 Å². The van der Waals surface area contributed by atoms with E-state index >= 15 is 0 Å². The number of benzene rings is 3. The van der Waals surface area contributed by atoms with Gasteiger partial charge in [0.25, 0.3) is 0 Å². The minimum absolute atomic E-state index is 0.714. The van der Waals surface area contributed by atoms with Crippen molar-refractivity contribution in [2.75, 3.05) is 0 Å². The van der Waals surface area contributed by atoms with E-state index in [0.717, 1.165) is 22.8 Å². The molecule has 5 rings (SSSR count). The van der Waals surface area contributed by atoms with Gasteiger partial charge in [0, 0.05) is 15.4 Å². The predicted molar refractivity (Wildman–Crippen MR) is 114 cm³/mol. The molecule has 1 heterocycles. The van der Waals surface area contributed by atoms with E-state index in [4.69, 9.17) is 4.98 Å². The van der Waals surface area contributed by atoms with E-state index in [1.54, 1.807) is 0 Å². The minimum atomic E-state index is 0.714. The molecule has 0 saturated carbocycles. The molecule has 1 aliphatic rings. The minimum Gasteiger partial charge on any atom is -0.247 e. The first kappa shape index (κ1) is 16.0. The van der Waals surface area contributed by atoms with E-state index in [9.17, 15) is 0 Å². The van der Waals surface area contributed by atoms with Gasteiger partial charge in [0.15, 0.2) is 0 Å². The van der Waals surface area contributed by atoms with Crippen molar-refractivity contribution in [1.82, 2.24) is 4.98 Å². The first-order valence-corrected chi connectivity index (χ1v) is 10.1. The number of pyridine rings is 1. The average Bonchev–Trinajstić information content (AvgIpc) is 2.67. The second kappa shape index (κ2) is 6.21. The second-order valence-corrected chi connectivity index (χ2v) is 8.37. The van der Waals surface area contributed by atoms with Gasteiger partial charge in [-0.15, -0.1) is 0 Å². The lowest BCUT2D eigenvalue weighted by Crippen LogP contribution is -2.14. The lowest BCUT2D eigenvalue weighted by Gasteiger charge is -2.26. The molecule has 2 heteroatoms. The van der Waals surface area contributed by atoms with Gasteiger partial charge in [-0.2, -0.15) is 0 Å². The summed E-state index contributed by atoms with van der Waals surface area (Å²) >= 11 is 3.55. The van der Waals surface area contributed by atoms with Gasteiger partial charge in [-0.3, -0.25) is 0 Å². The van der Waals surface area contributed by atoms with Gasteiger partial charge in [0.05, 0.1) is 11.2 Å². The van der Waals surface area contributed by atoms with E-state index in [1.165, 1.54) is 45.0 Å². The summed E-state index contributed by atoms with van der Waals surface area (Å²) in [6, 6.07) is 21.7. The zero-order valence-electron chi connectivity index (χ0n) is 14.8. The lowest BCUT2D eigenvalue weighted by molar-refractivity contribution is 0.503. The maximum atomic E-state index is 5.16. The Kier molecular flexibility index (Phi) is 3.82. The monoisotopic (exact) mass is 401 g/mol. The zero-order valence-corrected chi connectivity index (χ0v) is 16.4. The van der Waals surface area contributed by atoms with Crippen LogP contribution < -0.4 is 0 Å². The molecule has 4 aromatic rings. The van der Waals surface area contributed by atoms with Crippen LogP contribution in [0.5, 0.6) is 0 Å². The highest BCUT2D eigenvalue weighted by Crippen LogP contribution is 2.39. The molecule has 3 aromatic carbocycles. The summed E-state index contributed by atoms with van der Waals surface area (Å²) in [5.41, 5.74) is 6.48. The number of hydrogen-bond acceptors (Lipinski definition) is 1. The smallest absolute Gasteiger partial charge is 0.0744 e. The molecule has 0 saturated heterocycles. The van der Waals surface area contributed by atoms with Gasteiger partial charge in [-0.25, -0.2) is 4.98 Å². The molecule has 0 spiro atoms. The molecular weight excluding hydrogens is 382 g/mol. The fourth-order valence-corrected chi connectivity index (χ4v) is 4.60. The maximum Gasteiger partial charge on any atom is 0.0744 e. The van der Waals surface area contributed by atoms with Crippen molar-refractivity contribution in [3.63, 3.8) is 0 Å². The highest BCUT2D eigenvalue weighted by molar-refractivity contribution is 9.10. The maximum absolute atomic E-state index is 5.16. The van der Waals surface area contributed by atoms with Crippen molar-refractivity contribution in [2.24, 2.45) is 5.92 Å². The summed E-state index contributed by atoms with van der Waals surface area (Å²) in [6.45, 7) is 2.36. The molecule has 0 amide bonds. The van der Waals surface area contributed by atoms with Gasteiger partial charge in [-0.05, 0) is 65.3 Å². The Morgan fingerprint density at radius 2 is 1.73 bits per heavy atom. The Morgan fingerprint density at radius 3 is 2.58 bits per heavy atom. The molecule has 0 N–H and O–H groups in total. The highest BCUT2D eigenvalue weighted by Gasteiger charge is 2.23. The van der Waals surface area contributed by atoms with Crippen LogP contribution in [-0.4, -0.2) is 4.98 Å². The van der Waals surface area contributed by atoms with Crippen LogP contribution in [0.4, 0.5) is 0 Å². The average molecular weight is 402 g/mol. The Morgan fingerprint density at radius 1 is 0.923 bits per heavy atom. The van der Waals surface area contributed by atoms with Crippen molar-refractivity contribution in [3.8, 4) is 11.3 Å². The van der Waals surface area contributed by atoms with Gasteiger partial charge in [0.1, 0.15) is 0 Å². The molecule has 1 atom stereocenters. The van der Waals surface area contributed by atoms with Crippen molar-refractivity contribution < 1.29 is 0 Å². The number of hydrogen-bond donors (Lipinski definition) is 0. The number of rotatable bonds is 1. The van der Waals surface area contributed by atoms with Crippen molar-refractivity contribution in [1.29, 1.82) is 0 Å². The first-order valence-electron chi connectivity index (χ1n) is 9.30. The van der Waals surface area contributed by atoms with Crippen LogP contribution in [0, 0.1) is 5.92 Å². The Labute approximate surface area is 162 Å². The van der Waals surface area contributed by atoms with Crippen LogP contribution in [-0.2, 0) is 12.8 Å². The summed E-state index contributed by atoms with van der Waals surface area (Å²) in [7, 11) is 0. The number of fused-ring (bicyclic) bond motifs is 5. The van der Waals surface area contributed by atoms with Crippen molar-refractivity contribution in [2.45, 2.75) is 26.2 Å². The summed E-state index contributed by atoms with van der Waals surface area (Å²) < 4.78 is 1.11. The first-order chi connectivity index (χ1) is 12.7. The van der Waals surface area contributed by atoms with Gasteiger partial charge >= 0.3 is 0 Å². The van der Waals surface area contributed by atoms with Crippen LogP contribution in [0.3, 0.4) is 0 Å². The van der Waals surface area contributed by atoms with E-state index in [2.05, 4.69) is 83.5 Å². The molecule has 1 nitrogen and oxygen atoms in total. The van der Waals surface area contributed by atoms with Gasteiger partial charge < -0.3 is 0 Å². The normalized spacial score (nSPS) is 16.8. The summed E-state index contributed by atoms with van der Waals surface area (Å²) in [5.74, 6) is 0.714. The number of aryl methyl sites for hydroxylation is 1. The molecule has 0 aliphatic heterocycles. The number of halogens is 1.